The van der Waals surface area contributed by atoms with Crippen LogP contribution in [0, 0.1) is 0 Å². The van der Waals surface area contributed by atoms with Crippen LogP contribution in [0.15, 0.2) is 72.9 Å². The van der Waals surface area contributed by atoms with Gasteiger partial charge in [-0.25, -0.2) is 0 Å². The van der Waals surface area contributed by atoms with E-state index < -0.39 is 6.10 Å². The van der Waals surface area contributed by atoms with Crippen molar-refractivity contribution in [3.63, 3.8) is 0 Å². The monoisotopic (exact) mass is 879 g/mol. The van der Waals surface area contributed by atoms with Crippen molar-refractivity contribution >= 4 is 17.9 Å². The predicted octanol–water partition coefficient (Wildman–Crippen LogP) is 17.4. The second-order valence-electron chi connectivity index (χ2n) is 17.4. The fourth-order valence-electron chi connectivity index (χ4n) is 7.30. The number of hydrogen-bond acceptors (Lipinski definition) is 6. The van der Waals surface area contributed by atoms with Crippen LogP contribution in [-0.2, 0) is 28.6 Å². The highest BCUT2D eigenvalue weighted by molar-refractivity contribution is 5.71. The molecule has 1 atom stereocenters. The van der Waals surface area contributed by atoms with Crippen LogP contribution in [0.25, 0.3) is 0 Å². The molecule has 6 heteroatoms. The molecule has 0 aliphatic rings. The Labute approximate surface area is 389 Å². The van der Waals surface area contributed by atoms with E-state index in [0.29, 0.717) is 19.3 Å². The van der Waals surface area contributed by atoms with Gasteiger partial charge in [0, 0.05) is 19.3 Å². The van der Waals surface area contributed by atoms with Crippen LogP contribution in [0.5, 0.6) is 0 Å². The van der Waals surface area contributed by atoms with Gasteiger partial charge in [-0.2, -0.15) is 0 Å². The maximum Gasteiger partial charge on any atom is 0.306 e. The third-order valence-electron chi connectivity index (χ3n) is 11.2. The van der Waals surface area contributed by atoms with E-state index in [4.69, 9.17) is 14.2 Å². The van der Waals surface area contributed by atoms with Crippen molar-refractivity contribution in [2.45, 2.75) is 258 Å². The SMILES string of the molecule is CC\C=C/C=C\C=C/CCCCCCCCCC(=O)OC(COC(=O)CCCCCCC/C=C\CCCCCCCCC)COC(=O)CCCCCCCCC/C=C\C/C=C\CC. The average Bonchev–Trinajstić information content (AvgIpc) is 3.28. The quantitative estimate of drug-likeness (QED) is 0.0199. The summed E-state index contributed by atoms with van der Waals surface area (Å²) >= 11 is 0. The molecular weight excluding hydrogens is 781 g/mol. The van der Waals surface area contributed by atoms with Crippen LogP contribution in [-0.4, -0.2) is 37.2 Å². The molecule has 0 aliphatic carbocycles. The maximum absolute atomic E-state index is 12.8. The van der Waals surface area contributed by atoms with Gasteiger partial charge in [0.2, 0.25) is 0 Å². The molecule has 0 fully saturated rings. The molecule has 0 rings (SSSR count). The molecule has 0 aliphatic heterocycles. The van der Waals surface area contributed by atoms with Crippen LogP contribution in [0.1, 0.15) is 252 Å². The Morgan fingerprint density at radius 3 is 1.14 bits per heavy atom. The molecule has 0 aromatic rings. The smallest absolute Gasteiger partial charge is 0.306 e. The van der Waals surface area contributed by atoms with Crippen LogP contribution in [0.2, 0.25) is 0 Å². The van der Waals surface area contributed by atoms with Crippen molar-refractivity contribution in [3.8, 4) is 0 Å². The molecule has 63 heavy (non-hydrogen) atoms. The standard InChI is InChI=1S/C57H98O6/c1-4-7-10-13-16-19-22-25-28-30-32-35-38-41-44-47-50-56(59)62-53-54(52-61-55(58)49-46-43-40-37-34-31-27-24-21-18-15-12-9-6-3)63-57(60)51-48-45-42-39-36-33-29-26-23-20-17-14-11-8-5-2/h8-9,11-12,14,17-18,20-21,23,28,30,54H,4-7,10,13,15-16,19,22,24-27,29,31-53H2,1-3H3/b11-8-,12-9-,17-14-,21-18-,23-20-,30-28-. The number of allylic oxidation sites excluding steroid dienone is 12. The highest BCUT2D eigenvalue weighted by atomic mass is 16.6. The highest BCUT2D eigenvalue weighted by Crippen LogP contribution is 2.15. The molecule has 0 amide bonds. The lowest BCUT2D eigenvalue weighted by Crippen LogP contribution is -2.30. The third kappa shape index (κ3) is 49.7. The predicted molar refractivity (Wildman–Crippen MR) is 270 cm³/mol. The van der Waals surface area contributed by atoms with Crippen LogP contribution >= 0.6 is 0 Å². The van der Waals surface area contributed by atoms with Crippen molar-refractivity contribution < 1.29 is 28.6 Å². The van der Waals surface area contributed by atoms with E-state index in [9.17, 15) is 14.4 Å². The second kappa shape index (κ2) is 51.5. The molecule has 0 bridgehead atoms. The molecule has 0 aromatic heterocycles. The molecule has 0 saturated heterocycles. The summed E-state index contributed by atoms with van der Waals surface area (Å²) < 4.78 is 16.8. The second-order valence-corrected chi connectivity index (χ2v) is 17.4. The van der Waals surface area contributed by atoms with Crippen molar-refractivity contribution in [2.24, 2.45) is 0 Å². The Hall–Kier alpha value is -3.15. The zero-order chi connectivity index (χ0) is 45.8. The van der Waals surface area contributed by atoms with Crippen molar-refractivity contribution in [1.82, 2.24) is 0 Å². The Morgan fingerprint density at radius 1 is 0.349 bits per heavy atom. The number of ether oxygens (including phenoxy) is 3. The Kier molecular flexibility index (Phi) is 48.9. The zero-order valence-corrected chi connectivity index (χ0v) is 41.3. The van der Waals surface area contributed by atoms with E-state index in [1.165, 1.54) is 116 Å². The number of rotatable bonds is 47. The van der Waals surface area contributed by atoms with Crippen LogP contribution in [0.4, 0.5) is 0 Å². The zero-order valence-electron chi connectivity index (χ0n) is 41.3. The van der Waals surface area contributed by atoms with Crippen LogP contribution in [0.3, 0.4) is 0 Å². The fraction of sp³-hybridized carbons (Fsp3) is 0.737. The van der Waals surface area contributed by atoms with Gasteiger partial charge in [-0.1, -0.05) is 216 Å². The van der Waals surface area contributed by atoms with Crippen LogP contribution < -0.4 is 0 Å². The minimum atomic E-state index is -0.788. The Balaban J connectivity index is 4.41. The van der Waals surface area contributed by atoms with E-state index in [1.54, 1.807) is 0 Å². The van der Waals surface area contributed by atoms with Gasteiger partial charge in [-0.05, 0) is 89.9 Å². The summed E-state index contributed by atoms with van der Waals surface area (Å²) in [6, 6.07) is 0. The molecule has 0 spiro atoms. The molecule has 0 aromatic carbocycles. The van der Waals surface area contributed by atoms with Crippen molar-refractivity contribution in [2.75, 3.05) is 13.2 Å². The van der Waals surface area contributed by atoms with Crippen molar-refractivity contribution in [3.05, 3.63) is 72.9 Å². The molecule has 1 unspecified atom stereocenters. The summed E-state index contributed by atoms with van der Waals surface area (Å²) in [6.45, 7) is 6.38. The summed E-state index contributed by atoms with van der Waals surface area (Å²) in [5.41, 5.74) is 0. The first kappa shape index (κ1) is 59.9. The van der Waals surface area contributed by atoms with E-state index in [-0.39, 0.29) is 31.1 Å². The average molecular weight is 879 g/mol. The lowest BCUT2D eigenvalue weighted by atomic mass is 10.1. The topological polar surface area (TPSA) is 78.9 Å². The summed E-state index contributed by atoms with van der Waals surface area (Å²) in [5, 5.41) is 0. The molecular formula is C57H98O6. The molecule has 362 valence electrons. The number of carbonyl (C=O) groups is 3. The molecule has 6 nitrogen and oxygen atoms in total. The van der Waals surface area contributed by atoms with Gasteiger partial charge in [-0.3, -0.25) is 14.4 Å². The maximum atomic E-state index is 12.8. The summed E-state index contributed by atoms with van der Waals surface area (Å²) in [4.78, 5) is 38.0. The first-order valence-electron chi connectivity index (χ1n) is 26.5. The fourth-order valence-corrected chi connectivity index (χ4v) is 7.30. The molecule has 0 N–H and O–H groups in total. The first-order chi connectivity index (χ1) is 31.0. The number of esters is 3. The van der Waals surface area contributed by atoms with E-state index in [1.807, 2.05) is 0 Å². The van der Waals surface area contributed by atoms with Gasteiger partial charge >= 0.3 is 17.9 Å². The van der Waals surface area contributed by atoms with Gasteiger partial charge < -0.3 is 14.2 Å². The third-order valence-corrected chi connectivity index (χ3v) is 11.2. The molecule has 0 radical (unpaired) electrons. The lowest BCUT2D eigenvalue weighted by Gasteiger charge is -2.18. The highest BCUT2D eigenvalue weighted by Gasteiger charge is 2.19. The summed E-state index contributed by atoms with van der Waals surface area (Å²) in [5.74, 6) is -0.912. The molecule has 0 saturated carbocycles. The minimum Gasteiger partial charge on any atom is -0.462 e. The Bertz CT molecular complexity index is 1190. The Morgan fingerprint density at radius 2 is 0.698 bits per heavy atom. The molecule has 0 heterocycles. The normalized spacial score (nSPS) is 12.6. The van der Waals surface area contributed by atoms with E-state index >= 15 is 0 Å². The van der Waals surface area contributed by atoms with Gasteiger partial charge in [0.1, 0.15) is 13.2 Å². The number of hydrogen-bond donors (Lipinski definition) is 0. The van der Waals surface area contributed by atoms with Gasteiger partial charge in [0.15, 0.2) is 6.10 Å². The largest absolute Gasteiger partial charge is 0.462 e. The minimum absolute atomic E-state index is 0.0872. The first-order valence-corrected chi connectivity index (χ1v) is 26.5. The van der Waals surface area contributed by atoms with Gasteiger partial charge in [-0.15, -0.1) is 0 Å². The van der Waals surface area contributed by atoms with Gasteiger partial charge in [0.05, 0.1) is 0 Å². The number of carbonyl (C=O) groups excluding carboxylic acids is 3. The summed E-state index contributed by atoms with van der Waals surface area (Å²) in [7, 11) is 0. The number of unbranched alkanes of at least 4 members (excludes halogenated alkanes) is 26. The summed E-state index contributed by atoms with van der Waals surface area (Å²) in [6.07, 6.45) is 64.5. The lowest BCUT2D eigenvalue weighted by molar-refractivity contribution is -0.167. The van der Waals surface area contributed by atoms with Gasteiger partial charge in [0.25, 0.3) is 0 Å². The van der Waals surface area contributed by atoms with Crippen molar-refractivity contribution in [1.29, 1.82) is 0 Å². The van der Waals surface area contributed by atoms with E-state index in [0.717, 1.165) is 96.3 Å². The van der Waals surface area contributed by atoms with E-state index in [2.05, 4.69) is 93.7 Å².